The van der Waals surface area contributed by atoms with Crippen molar-refractivity contribution in [1.29, 1.82) is 0 Å². The highest BCUT2D eigenvalue weighted by Gasteiger charge is 2.19. The van der Waals surface area contributed by atoms with Crippen LogP contribution in [0.4, 0.5) is 0 Å². The molecule has 2 aromatic rings. The first-order chi connectivity index (χ1) is 12.2. The minimum absolute atomic E-state index is 1.22. The van der Waals surface area contributed by atoms with E-state index >= 15 is 0 Å². The molecule has 0 amide bonds. The fourth-order valence-electron chi connectivity index (χ4n) is 3.06. The molecule has 0 bridgehead atoms. The van der Waals surface area contributed by atoms with Crippen LogP contribution in [0.2, 0.25) is 0 Å². The molecule has 0 saturated heterocycles. The third-order valence-corrected chi connectivity index (χ3v) is 5.57. The highest BCUT2D eigenvalue weighted by Crippen LogP contribution is 2.45. The van der Waals surface area contributed by atoms with Gasteiger partial charge in [0.1, 0.15) is 14.1 Å². The lowest BCUT2D eigenvalue weighted by molar-refractivity contribution is -0.462. The van der Waals surface area contributed by atoms with Crippen molar-refractivity contribution in [3.05, 3.63) is 102 Å². The second-order valence-corrected chi connectivity index (χ2v) is 7.41. The topological polar surface area (TPSA) is 3.01 Å². The van der Waals surface area contributed by atoms with Crippen molar-refractivity contribution in [2.24, 2.45) is 0 Å². The number of nitrogens with zero attached hydrogens (tertiary/aromatic N) is 1. The lowest BCUT2D eigenvalue weighted by atomic mass is 9.95. The van der Waals surface area contributed by atoms with E-state index in [1.165, 1.54) is 37.8 Å². The van der Waals surface area contributed by atoms with Gasteiger partial charge in [0, 0.05) is 22.0 Å². The van der Waals surface area contributed by atoms with E-state index < -0.39 is 0 Å². The van der Waals surface area contributed by atoms with E-state index in [-0.39, 0.29) is 0 Å². The van der Waals surface area contributed by atoms with Crippen LogP contribution in [0.3, 0.4) is 0 Å². The summed E-state index contributed by atoms with van der Waals surface area (Å²) in [6.07, 6.45) is 11.1. The summed E-state index contributed by atoms with van der Waals surface area (Å²) in [6, 6.07) is 19.3. The lowest BCUT2D eigenvalue weighted by Crippen LogP contribution is -2.10. The Balaban J connectivity index is 1.87. The van der Waals surface area contributed by atoms with Crippen LogP contribution in [0.5, 0.6) is 0 Å². The highest BCUT2D eigenvalue weighted by atomic mass is 32.2. The van der Waals surface area contributed by atoms with Gasteiger partial charge < -0.3 is 0 Å². The summed E-state index contributed by atoms with van der Waals surface area (Å²) in [4.78, 5) is 2.61. The molecule has 0 saturated carbocycles. The van der Waals surface area contributed by atoms with Gasteiger partial charge >= 0.3 is 0 Å². The fraction of sp³-hybridized carbons (Fsp3) is 0.0870. The zero-order valence-electron chi connectivity index (χ0n) is 14.4. The van der Waals surface area contributed by atoms with Gasteiger partial charge in [0.05, 0.1) is 0 Å². The van der Waals surface area contributed by atoms with Crippen molar-refractivity contribution >= 4 is 28.0 Å². The Labute approximate surface area is 153 Å². The number of allylic oxidation sites excluding steroid dienone is 7. The quantitative estimate of drug-likeness (QED) is 0.625. The summed E-state index contributed by atoms with van der Waals surface area (Å²) in [5.74, 6) is 0. The van der Waals surface area contributed by atoms with Crippen molar-refractivity contribution in [3.63, 3.8) is 0 Å². The van der Waals surface area contributed by atoms with Crippen LogP contribution in [0, 0.1) is 0 Å². The summed E-state index contributed by atoms with van der Waals surface area (Å²) >= 11 is 1.85. The van der Waals surface area contributed by atoms with Gasteiger partial charge in [0.2, 0.25) is 0 Å². The highest BCUT2D eigenvalue weighted by molar-refractivity contribution is 8.08. The molecular formula is C23H20NS+. The third-order valence-electron chi connectivity index (χ3n) is 4.43. The van der Waals surface area contributed by atoms with Gasteiger partial charge in [0.25, 0.3) is 0 Å². The molecule has 122 valence electrons. The summed E-state index contributed by atoms with van der Waals surface area (Å²) in [6.45, 7) is 0. The average molecular weight is 342 g/mol. The second kappa shape index (κ2) is 6.73. The van der Waals surface area contributed by atoms with Crippen molar-refractivity contribution in [2.45, 2.75) is 4.90 Å². The summed E-state index contributed by atoms with van der Waals surface area (Å²) in [7, 11) is 4.14. The van der Waals surface area contributed by atoms with Crippen molar-refractivity contribution in [1.82, 2.24) is 0 Å². The molecule has 1 aliphatic heterocycles. The molecule has 0 radical (unpaired) electrons. The second-order valence-electron chi connectivity index (χ2n) is 6.33. The number of hydrogen-bond donors (Lipinski definition) is 0. The van der Waals surface area contributed by atoms with Gasteiger partial charge in [-0.2, -0.15) is 0 Å². The Morgan fingerprint density at radius 3 is 2.16 bits per heavy atom. The van der Waals surface area contributed by atoms with Crippen LogP contribution in [0.15, 0.2) is 95.4 Å². The maximum Gasteiger partial charge on any atom is 0.199 e. The predicted molar refractivity (Wildman–Crippen MR) is 109 cm³/mol. The molecule has 1 heterocycles. The van der Waals surface area contributed by atoms with Crippen molar-refractivity contribution < 1.29 is 4.58 Å². The predicted octanol–water partition coefficient (Wildman–Crippen LogP) is 5.43. The molecule has 1 nitrogen and oxygen atoms in total. The molecule has 0 fully saturated rings. The minimum atomic E-state index is 1.22. The van der Waals surface area contributed by atoms with Crippen LogP contribution in [-0.2, 0) is 0 Å². The van der Waals surface area contributed by atoms with Crippen LogP contribution < -0.4 is 0 Å². The van der Waals surface area contributed by atoms with Crippen molar-refractivity contribution in [3.8, 4) is 0 Å². The van der Waals surface area contributed by atoms with Gasteiger partial charge in [-0.3, -0.25) is 0 Å². The fourth-order valence-corrected chi connectivity index (χ4v) is 4.16. The van der Waals surface area contributed by atoms with Gasteiger partial charge in [-0.15, -0.1) is 0 Å². The Hall–Kier alpha value is -2.58. The van der Waals surface area contributed by atoms with E-state index in [1.807, 2.05) is 11.8 Å². The molecule has 0 unspecified atom stereocenters. The monoisotopic (exact) mass is 342 g/mol. The number of fused-ring (bicyclic) bond motifs is 1. The zero-order chi connectivity index (χ0) is 17.2. The third kappa shape index (κ3) is 3.18. The van der Waals surface area contributed by atoms with Gasteiger partial charge in [-0.25, -0.2) is 4.58 Å². The molecule has 25 heavy (non-hydrogen) atoms. The molecule has 1 aliphatic carbocycles. The number of thioether (sulfide) groups is 1. The molecule has 4 rings (SSSR count). The molecule has 0 aromatic heterocycles. The molecule has 0 spiro atoms. The number of rotatable bonds is 1. The molecule has 2 aromatic carbocycles. The van der Waals surface area contributed by atoms with Crippen molar-refractivity contribution in [2.75, 3.05) is 14.1 Å². The van der Waals surface area contributed by atoms with Gasteiger partial charge in [-0.05, 0) is 46.6 Å². The SMILES string of the molecule is C[N+](C)=C1C=CC(=C2C=C(c3ccccc3)Sc3ccccc32)C=C1. The maximum atomic E-state index is 2.33. The molecule has 2 aliphatic rings. The first-order valence-electron chi connectivity index (χ1n) is 8.41. The van der Waals surface area contributed by atoms with Crippen LogP contribution in [0.25, 0.3) is 10.5 Å². The van der Waals surface area contributed by atoms with Crippen LogP contribution in [0.1, 0.15) is 11.1 Å². The minimum Gasteiger partial charge on any atom is -0.235 e. The average Bonchev–Trinajstić information content (AvgIpc) is 2.68. The zero-order valence-corrected chi connectivity index (χ0v) is 15.3. The Morgan fingerprint density at radius 1 is 0.760 bits per heavy atom. The van der Waals surface area contributed by atoms with Crippen LogP contribution in [-0.4, -0.2) is 24.4 Å². The lowest BCUT2D eigenvalue weighted by Gasteiger charge is -2.21. The Morgan fingerprint density at radius 2 is 1.44 bits per heavy atom. The summed E-state index contributed by atoms with van der Waals surface area (Å²) in [5.41, 5.74) is 6.34. The first kappa shape index (κ1) is 15.9. The Bertz CT molecular complexity index is 950. The van der Waals surface area contributed by atoms with E-state index in [2.05, 4.69) is 104 Å². The van der Waals surface area contributed by atoms with E-state index in [0.29, 0.717) is 0 Å². The normalized spacial score (nSPS) is 15.9. The van der Waals surface area contributed by atoms with Gasteiger partial charge in [0.15, 0.2) is 5.71 Å². The van der Waals surface area contributed by atoms with E-state index in [9.17, 15) is 0 Å². The first-order valence-corrected chi connectivity index (χ1v) is 9.23. The van der Waals surface area contributed by atoms with E-state index in [1.54, 1.807) is 0 Å². The molecule has 0 atom stereocenters. The number of hydrogen-bond acceptors (Lipinski definition) is 1. The van der Waals surface area contributed by atoms with E-state index in [0.717, 1.165) is 0 Å². The summed E-state index contributed by atoms with van der Waals surface area (Å²) in [5, 5.41) is 0. The maximum absolute atomic E-state index is 2.33. The Kier molecular flexibility index (Phi) is 4.29. The molecule has 0 N–H and O–H groups in total. The largest absolute Gasteiger partial charge is 0.235 e. The molecular weight excluding hydrogens is 322 g/mol. The smallest absolute Gasteiger partial charge is 0.199 e. The van der Waals surface area contributed by atoms with Crippen LogP contribution >= 0.6 is 11.8 Å². The standard InChI is InChI=1S/C23H20NS/c1-24(2)19-14-12-17(13-15-19)21-16-23(18-8-4-3-5-9-18)25-22-11-7-6-10-20(21)22/h3-16H,1-2H3/q+1. The molecule has 2 heteroatoms. The van der Waals surface area contributed by atoms with E-state index in [4.69, 9.17) is 0 Å². The van der Waals surface area contributed by atoms with Gasteiger partial charge in [-0.1, -0.05) is 60.3 Å². The summed E-state index contributed by atoms with van der Waals surface area (Å²) < 4.78 is 2.13. The number of benzene rings is 2.